The van der Waals surface area contributed by atoms with Gasteiger partial charge in [-0.1, -0.05) is 41.6 Å². The molecule has 0 aliphatic carbocycles. The summed E-state index contributed by atoms with van der Waals surface area (Å²) in [6, 6.07) is 11.9. The van der Waals surface area contributed by atoms with Crippen molar-refractivity contribution in [3.63, 3.8) is 0 Å². The Bertz CT molecular complexity index is 977. The Labute approximate surface area is 166 Å². The van der Waals surface area contributed by atoms with Crippen LogP contribution in [0.1, 0.15) is 30.0 Å². The minimum atomic E-state index is -0.622. The predicted molar refractivity (Wildman–Crippen MR) is 105 cm³/mol. The van der Waals surface area contributed by atoms with Crippen molar-refractivity contribution in [1.82, 2.24) is 10.2 Å². The average molecular weight is 401 g/mol. The maximum atomic E-state index is 13.7. The molecule has 1 aromatic heterocycles. The number of aromatic nitrogens is 2. The summed E-state index contributed by atoms with van der Waals surface area (Å²) in [4.78, 5) is 12.2. The Morgan fingerprint density at radius 3 is 2.79 bits per heavy atom. The van der Waals surface area contributed by atoms with Gasteiger partial charge in [0, 0.05) is 5.69 Å². The minimum absolute atomic E-state index is 0.107. The van der Waals surface area contributed by atoms with E-state index in [9.17, 15) is 9.18 Å². The molecule has 3 aromatic rings. The second-order valence-corrected chi connectivity index (χ2v) is 7.18. The molecule has 1 amide bonds. The van der Waals surface area contributed by atoms with Crippen LogP contribution in [0.2, 0.25) is 0 Å². The zero-order chi connectivity index (χ0) is 20.1. The lowest BCUT2D eigenvalue weighted by Crippen LogP contribution is -2.14. The molecule has 6 nitrogen and oxygen atoms in total. The standard InChI is InChI=1S/C20H20FN3O3S/c1-12-8-9-16(13(2)10-12)22-18(25)11-28-20-24-23-19(27-20)14(3)26-17-7-5-4-6-15(17)21/h4-10,14H,11H2,1-3H3,(H,22,25)/t14-/m0/s1. The molecule has 28 heavy (non-hydrogen) atoms. The summed E-state index contributed by atoms with van der Waals surface area (Å²) in [7, 11) is 0. The van der Waals surface area contributed by atoms with E-state index in [4.69, 9.17) is 9.15 Å². The van der Waals surface area contributed by atoms with Crippen LogP contribution in [-0.4, -0.2) is 21.9 Å². The normalized spacial score (nSPS) is 11.9. The van der Waals surface area contributed by atoms with Gasteiger partial charge in [-0.15, -0.1) is 10.2 Å². The van der Waals surface area contributed by atoms with Crippen molar-refractivity contribution >= 4 is 23.4 Å². The fraction of sp³-hybridized carbons (Fsp3) is 0.250. The number of carbonyl (C=O) groups excluding carboxylic acids is 1. The summed E-state index contributed by atoms with van der Waals surface area (Å²) in [5.74, 6) is -0.202. The number of carbonyl (C=O) groups is 1. The molecule has 8 heteroatoms. The van der Waals surface area contributed by atoms with Crippen molar-refractivity contribution in [2.24, 2.45) is 0 Å². The van der Waals surface area contributed by atoms with Crippen LogP contribution in [0.15, 0.2) is 52.1 Å². The largest absolute Gasteiger partial charge is 0.478 e. The van der Waals surface area contributed by atoms with Gasteiger partial charge in [-0.05, 0) is 44.5 Å². The number of anilines is 1. The number of benzene rings is 2. The number of nitrogens with zero attached hydrogens (tertiary/aromatic N) is 2. The molecule has 0 fully saturated rings. The fourth-order valence-electron chi connectivity index (χ4n) is 2.49. The van der Waals surface area contributed by atoms with Gasteiger partial charge in [0.15, 0.2) is 17.7 Å². The van der Waals surface area contributed by atoms with Crippen LogP contribution >= 0.6 is 11.8 Å². The van der Waals surface area contributed by atoms with E-state index in [1.54, 1.807) is 19.1 Å². The van der Waals surface area contributed by atoms with Crippen LogP contribution < -0.4 is 10.1 Å². The SMILES string of the molecule is Cc1ccc(NC(=O)CSc2nnc([C@H](C)Oc3ccccc3F)o2)c(C)c1. The van der Waals surface area contributed by atoms with E-state index >= 15 is 0 Å². The minimum Gasteiger partial charge on any atom is -0.478 e. The van der Waals surface area contributed by atoms with Crippen LogP contribution in [0.3, 0.4) is 0 Å². The number of aryl methyl sites for hydroxylation is 2. The molecule has 3 rings (SSSR count). The fourth-order valence-corrected chi connectivity index (χ4v) is 3.06. The molecule has 0 radical (unpaired) electrons. The summed E-state index contributed by atoms with van der Waals surface area (Å²) < 4.78 is 24.7. The highest BCUT2D eigenvalue weighted by atomic mass is 32.2. The van der Waals surface area contributed by atoms with Crippen molar-refractivity contribution in [3.8, 4) is 5.75 Å². The highest BCUT2D eigenvalue weighted by molar-refractivity contribution is 7.99. The Morgan fingerprint density at radius 1 is 1.25 bits per heavy atom. The van der Waals surface area contributed by atoms with Gasteiger partial charge in [-0.3, -0.25) is 4.79 Å². The van der Waals surface area contributed by atoms with E-state index in [0.29, 0.717) is 0 Å². The average Bonchev–Trinajstić information content (AvgIpc) is 3.13. The summed E-state index contributed by atoms with van der Waals surface area (Å²) in [6.07, 6.45) is -0.622. The molecule has 0 unspecified atom stereocenters. The highest BCUT2D eigenvalue weighted by Gasteiger charge is 2.18. The number of thioether (sulfide) groups is 1. The second-order valence-electron chi connectivity index (χ2n) is 6.25. The highest BCUT2D eigenvalue weighted by Crippen LogP contribution is 2.26. The first-order chi connectivity index (χ1) is 13.4. The number of para-hydroxylation sites is 1. The van der Waals surface area contributed by atoms with Crippen molar-refractivity contribution < 1.29 is 18.3 Å². The molecule has 0 aliphatic rings. The summed E-state index contributed by atoms with van der Waals surface area (Å²) in [5.41, 5.74) is 2.90. The molecule has 0 saturated heterocycles. The lowest BCUT2D eigenvalue weighted by molar-refractivity contribution is -0.113. The van der Waals surface area contributed by atoms with Gasteiger partial charge in [-0.2, -0.15) is 0 Å². The topological polar surface area (TPSA) is 77.2 Å². The van der Waals surface area contributed by atoms with Crippen molar-refractivity contribution in [1.29, 1.82) is 0 Å². The number of rotatable bonds is 7. The van der Waals surface area contributed by atoms with Crippen LogP contribution in [0.25, 0.3) is 0 Å². The van der Waals surface area contributed by atoms with Gasteiger partial charge in [0.1, 0.15) is 0 Å². The smallest absolute Gasteiger partial charge is 0.277 e. The van der Waals surface area contributed by atoms with Crippen molar-refractivity contribution in [2.45, 2.75) is 32.1 Å². The molecular weight excluding hydrogens is 381 g/mol. The van der Waals surface area contributed by atoms with Gasteiger partial charge in [0.2, 0.25) is 5.91 Å². The molecule has 1 N–H and O–H groups in total. The Hall–Kier alpha value is -2.87. The third-order valence-electron chi connectivity index (χ3n) is 3.89. The van der Waals surface area contributed by atoms with E-state index in [1.165, 1.54) is 12.1 Å². The first-order valence-corrected chi connectivity index (χ1v) is 9.65. The number of nitrogens with one attached hydrogen (secondary N) is 1. The maximum absolute atomic E-state index is 13.7. The van der Waals surface area contributed by atoms with E-state index in [0.717, 1.165) is 28.6 Å². The Balaban J connectivity index is 1.54. The zero-order valence-electron chi connectivity index (χ0n) is 15.7. The molecule has 146 valence electrons. The molecule has 0 spiro atoms. The number of amides is 1. The molecule has 0 saturated carbocycles. The monoisotopic (exact) mass is 401 g/mol. The van der Waals surface area contributed by atoms with Gasteiger partial charge in [-0.25, -0.2) is 4.39 Å². The quantitative estimate of drug-likeness (QED) is 0.579. The number of ether oxygens (including phenoxy) is 1. The molecular formula is C20H20FN3O3S. The predicted octanol–water partition coefficient (Wildman–Crippen LogP) is 4.70. The number of hydrogen-bond donors (Lipinski definition) is 1. The van der Waals surface area contributed by atoms with Crippen LogP contribution in [-0.2, 0) is 4.79 Å². The van der Waals surface area contributed by atoms with E-state index < -0.39 is 11.9 Å². The van der Waals surface area contributed by atoms with Gasteiger partial charge >= 0.3 is 0 Å². The molecule has 2 aromatic carbocycles. The lowest BCUT2D eigenvalue weighted by Gasteiger charge is -2.11. The van der Waals surface area contributed by atoms with Crippen molar-refractivity contribution in [3.05, 3.63) is 65.3 Å². The Morgan fingerprint density at radius 2 is 2.04 bits per heavy atom. The van der Waals surface area contributed by atoms with Gasteiger partial charge < -0.3 is 14.5 Å². The molecule has 1 heterocycles. The van der Waals surface area contributed by atoms with Crippen molar-refractivity contribution in [2.75, 3.05) is 11.1 Å². The summed E-state index contributed by atoms with van der Waals surface area (Å²) in [6.45, 7) is 5.62. The maximum Gasteiger partial charge on any atom is 0.277 e. The van der Waals surface area contributed by atoms with Crippen LogP contribution in [0, 0.1) is 19.7 Å². The van der Waals surface area contributed by atoms with E-state index in [2.05, 4.69) is 15.5 Å². The van der Waals surface area contributed by atoms with E-state index in [-0.39, 0.29) is 28.5 Å². The molecule has 1 atom stereocenters. The first kappa shape index (κ1) is 19.9. The van der Waals surface area contributed by atoms with Gasteiger partial charge in [0.25, 0.3) is 11.1 Å². The zero-order valence-corrected chi connectivity index (χ0v) is 16.5. The summed E-state index contributed by atoms with van der Waals surface area (Å²) in [5, 5.41) is 10.9. The first-order valence-electron chi connectivity index (χ1n) is 8.67. The Kier molecular flexibility index (Phi) is 6.30. The number of halogens is 1. The second kappa shape index (κ2) is 8.88. The van der Waals surface area contributed by atoms with Crippen LogP contribution in [0.5, 0.6) is 5.75 Å². The van der Waals surface area contributed by atoms with Gasteiger partial charge in [0.05, 0.1) is 5.75 Å². The summed E-state index contributed by atoms with van der Waals surface area (Å²) >= 11 is 1.12. The third-order valence-corrected chi connectivity index (χ3v) is 4.71. The third kappa shape index (κ3) is 5.10. The molecule has 0 aliphatic heterocycles. The lowest BCUT2D eigenvalue weighted by atomic mass is 10.1. The number of hydrogen-bond acceptors (Lipinski definition) is 6. The van der Waals surface area contributed by atoms with E-state index in [1.807, 2.05) is 32.0 Å². The van der Waals surface area contributed by atoms with Crippen LogP contribution in [0.4, 0.5) is 10.1 Å². The molecule has 0 bridgehead atoms.